The van der Waals surface area contributed by atoms with Crippen LogP contribution in [-0.2, 0) is 70.3 Å². The Labute approximate surface area is 244 Å². The fourth-order valence-electron chi connectivity index (χ4n) is 3.88. The fraction of sp³-hybridized carbons (Fsp3) is 0.433. The highest BCUT2D eigenvalue weighted by molar-refractivity contribution is 5.69. The maximum absolute atomic E-state index is 12.4. The van der Waals surface area contributed by atoms with Crippen LogP contribution in [0.25, 0.3) is 0 Å². The topological polar surface area (TPSA) is 150 Å². The third-order valence-electron chi connectivity index (χ3n) is 5.47. The van der Waals surface area contributed by atoms with E-state index in [0.29, 0.717) is 0 Å². The molecule has 0 saturated carbocycles. The molecule has 0 radical (unpaired) electrons. The third kappa shape index (κ3) is 12.5. The Morgan fingerprint density at radius 3 is 1.33 bits per heavy atom. The van der Waals surface area contributed by atoms with Gasteiger partial charge in [-0.05, 0) is 11.1 Å². The van der Waals surface area contributed by atoms with Gasteiger partial charge in [-0.3, -0.25) is 24.0 Å². The number of ether oxygens (including phenoxy) is 7. The number of carbonyl (C=O) groups is 5. The van der Waals surface area contributed by atoms with Crippen molar-refractivity contribution in [3.05, 3.63) is 71.8 Å². The van der Waals surface area contributed by atoms with Crippen LogP contribution in [0, 0.1) is 0 Å². The summed E-state index contributed by atoms with van der Waals surface area (Å²) in [7, 11) is 0. The normalized spacial score (nSPS) is 13.7. The lowest BCUT2D eigenvalue weighted by atomic mass is 10.0. The fourth-order valence-corrected chi connectivity index (χ4v) is 3.88. The van der Waals surface area contributed by atoms with Crippen LogP contribution >= 0.6 is 0 Å². The van der Waals surface area contributed by atoms with E-state index in [1.807, 2.05) is 12.1 Å². The Morgan fingerprint density at radius 2 is 0.929 bits per heavy atom. The second-order valence-corrected chi connectivity index (χ2v) is 9.13. The van der Waals surface area contributed by atoms with Crippen molar-refractivity contribution in [1.82, 2.24) is 0 Å². The van der Waals surface area contributed by atoms with Gasteiger partial charge in [0, 0.05) is 34.6 Å². The van der Waals surface area contributed by atoms with E-state index in [2.05, 4.69) is 0 Å². The van der Waals surface area contributed by atoms with Gasteiger partial charge < -0.3 is 33.2 Å². The predicted octanol–water partition coefficient (Wildman–Crippen LogP) is 3.04. The number of benzene rings is 2. The number of hydrogen-bond acceptors (Lipinski definition) is 12. The lowest BCUT2D eigenvalue weighted by Crippen LogP contribution is -2.57. The van der Waals surface area contributed by atoms with Crippen LogP contribution in [0.4, 0.5) is 0 Å². The molecule has 2 aromatic carbocycles. The van der Waals surface area contributed by atoms with Crippen molar-refractivity contribution in [3.8, 4) is 0 Å². The molecule has 0 aliphatic heterocycles. The maximum atomic E-state index is 12.4. The van der Waals surface area contributed by atoms with Gasteiger partial charge in [-0.15, -0.1) is 0 Å². The molecule has 12 nitrogen and oxygen atoms in total. The van der Waals surface area contributed by atoms with E-state index in [4.69, 9.17) is 33.2 Å². The average Bonchev–Trinajstić information content (AvgIpc) is 2.92. The summed E-state index contributed by atoms with van der Waals surface area (Å²) in [5.74, 6) is -4.05. The molecular weight excluding hydrogens is 552 g/mol. The second-order valence-electron chi connectivity index (χ2n) is 9.13. The monoisotopic (exact) mass is 588 g/mol. The zero-order valence-electron chi connectivity index (χ0n) is 24.2. The summed E-state index contributed by atoms with van der Waals surface area (Å²) in [4.78, 5) is 60.5. The van der Waals surface area contributed by atoms with Crippen LogP contribution in [0.1, 0.15) is 45.7 Å². The van der Waals surface area contributed by atoms with Crippen molar-refractivity contribution in [2.24, 2.45) is 0 Å². The lowest BCUT2D eigenvalue weighted by molar-refractivity contribution is -0.256. The quantitative estimate of drug-likeness (QED) is 0.161. The highest BCUT2D eigenvalue weighted by atomic mass is 16.7. The molecule has 0 unspecified atom stereocenters. The highest BCUT2D eigenvalue weighted by Gasteiger charge is 2.48. The molecule has 0 fully saturated rings. The Hall–Kier alpha value is -4.29. The van der Waals surface area contributed by atoms with Crippen LogP contribution in [0.3, 0.4) is 0 Å². The molecule has 2 rings (SSSR count). The molecule has 42 heavy (non-hydrogen) atoms. The van der Waals surface area contributed by atoms with Crippen LogP contribution in [0.5, 0.6) is 0 Å². The van der Waals surface area contributed by atoms with Gasteiger partial charge >= 0.3 is 29.8 Å². The molecular formula is C30H36O12. The van der Waals surface area contributed by atoms with Crippen molar-refractivity contribution in [2.45, 2.75) is 78.5 Å². The maximum Gasteiger partial charge on any atom is 0.303 e. The standard InChI is InChI=1S/C30H36O12/c1-19(31)36-18-26(39-20(2)32)27(40-21(3)33)28(41-22(4)34)29(42-23(5)35)30(37-16-24-12-8-6-9-13-24)38-17-25-14-10-7-11-15-25/h6-15,26-30H,16-18H2,1-5H3/t26-,27+,28+,29-/m1/s1. The van der Waals surface area contributed by atoms with Gasteiger partial charge in [0.2, 0.25) is 0 Å². The van der Waals surface area contributed by atoms with E-state index in [1.54, 1.807) is 48.5 Å². The molecule has 0 aliphatic rings. The van der Waals surface area contributed by atoms with Crippen molar-refractivity contribution in [2.75, 3.05) is 6.61 Å². The van der Waals surface area contributed by atoms with Crippen molar-refractivity contribution >= 4 is 29.8 Å². The summed E-state index contributed by atoms with van der Waals surface area (Å²) in [6, 6.07) is 18.1. The van der Waals surface area contributed by atoms with E-state index in [-0.39, 0.29) is 13.2 Å². The summed E-state index contributed by atoms with van der Waals surface area (Å²) >= 11 is 0. The minimum absolute atomic E-state index is 0.0100. The zero-order valence-corrected chi connectivity index (χ0v) is 24.2. The Bertz CT molecular complexity index is 1120. The molecule has 0 aromatic heterocycles. The molecule has 0 spiro atoms. The van der Waals surface area contributed by atoms with Gasteiger partial charge in [0.15, 0.2) is 30.7 Å². The summed E-state index contributed by atoms with van der Waals surface area (Å²) < 4.78 is 39.1. The van der Waals surface area contributed by atoms with Crippen LogP contribution in [0.15, 0.2) is 60.7 Å². The van der Waals surface area contributed by atoms with Gasteiger partial charge in [0.05, 0.1) is 13.2 Å². The minimum Gasteiger partial charge on any atom is -0.462 e. The molecule has 0 saturated heterocycles. The second kappa shape index (κ2) is 17.5. The van der Waals surface area contributed by atoms with Gasteiger partial charge in [-0.2, -0.15) is 0 Å². The molecule has 12 heteroatoms. The molecule has 0 bridgehead atoms. The third-order valence-corrected chi connectivity index (χ3v) is 5.47. The first-order chi connectivity index (χ1) is 20.0. The molecule has 228 valence electrons. The van der Waals surface area contributed by atoms with E-state index in [1.165, 1.54) is 0 Å². The first-order valence-electron chi connectivity index (χ1n) is 13.1. The summed E-state index contributed by atoms with van der Waals surface area (Å²) in [5, 5.41) is 0. The summed E-state index contributed by atoms with van der Waals surface area (Å²) in [6.07, 6.45) is -7.70. The van der Waals surface area contributed by atoms with Gasteiger partial charge in [0.25, 0.3) is 0 Å². The molecule has 0 aliphatic carbocycles. The van der Waals surface area contributed by atoms with E-state index < -0.39 is 67.2 Å². The van der Waals surface area contributed by atoms with Gasteiger partial charge in [-0.25, -0.2) is 0 Å². The molecule has 0 amide bonds. The Balaban J connectivity index is 2.60. The molecule has 0 N–H and O–H groups in total. The zero-order chi connectivity index (χ0) is 31.1. The number of carbonyl (C=O) groups excluding carboxylic acids is 5. The largest absolute Gasteiger partial charge is 0.462 e. The summed E-state index contributed by atoms with van der Waals surface area (Å²) in [6.45, 7) is 4.90. The van der Waals surface area contributed by atoms with Crippen molar-refractivity contribution < 1.29 is 57.1 Å². The first kappa shape index (κ1) is 33.9. The van der Waals surface area contributed by atoms with Gasteiger partial charge in [-0.1, -0.05) is 60.7 Å². The predicted molar refractivity (Wildman–Crippen MR) is 145 cm³/mol. The highest BCUT2D eigenvalue weighted by Crippen LogP contribution is 2.25. The number of hydrogen-bond donors (Lipinski definition) is 0. The van der Waals surface area contributed by atoms with Crippen LogP contribution < -0.4 is 0 Å². The molecule has 0 heterocycles. The lowest BCUT2D eigenvalue weighted by Gasteiger charge is -2.38. The van der Waals surface area contributed by atoms with Gasteiger partial charge in [0.1, 0.15) is 6.61 Å². The minimum atomic E-state index is -1.65. The Morgan fingerprint density at radius 1 is 0.524 bits per heavy atom. The smallest absolute Gasteiger partial charge is 0.303 e. The van der Waals surface area contributed by atoms with E-state index in [9.17, 15) is 24.0 Å². The summed E-state index contributed by atoms with van der Waals surface area (Å²) in [5.41, 5.74) is 1.50. The molecule has 2 aromatic rings. The van der Waals surface area contributed by atoms with Crippen molar-refractivity contribution in [1.29, 1.82) is 0 Å². The first-order valence-corrected chi connectivity index (χ1v) is 13.1. The van der Waals surface area contributed by atoms with Crippen LogP contribution in [-0.4, -0.2) is 67.2 Å². The van der Waals surface area contributed by atoms with Crippen molar-refractivity contribution in [3.63, 3.8) is 0 Å². The number of rotatable bonds is 16. The van der Waals surface area contributed by atoms with Crippen LogP contribution in [0.2, 0.25) is 0 Å². The average molecular weight is 589 g/mol. The SMILES string of the molecule is CC(=O)OC[C@@H](OC(C)=O)[C@H](OC(C)=O)[C@H](OC(C)=O)[C@@H](OC(C)=O)C(OCc1ccccc1)OCc1ccccc1. The van der Waals surface area contributed by atoms with E-state index >= 15 is 0 Å². The Kier molecular flexibility index (Phi) is 14.1. The molecule has 4 atom stereocenters. The van der Waals surface area contributed by atoms with E-state index in [0.717, 1.165) is 45.7 Å². The number of esters is 5.